The molecule has 6 aromatic rings. The number of hydrogen-bond donors (Lipinski definition) is 4. The van der Waals surface area contributed by atoms with E-state index in [2.05, 4.69) is 98.6 Å². The van der Waals surface area contributed by atoms with Crippen molar-refractivity contribution >= 4 is 18.4 Å². The summed E-state index contributed by atoms with van der Waals surface area (Å²) < 4.78 is 15.4. The maximum absolute atomic E-state index is 11.0. The van der Waals surface area contributed by atoms with Crippen LogP contribution in [0.2, 0.25) is 0 Å². The van der Waals surface area contributed by atoms with Crippen LogP contribution in [0.5, 0.6) is 17.2 Å². The summed E-state index contributed by atoms with van der Waals surface area (Å²) in [6.45, 7) is 46.9. The molecule has 0 aliphatic rings. The van der Waals surface area contributed by atoms with Gasteiger partial charge in [-0.2, -0.15) is 0 Å². The number of aromatic hydroxyl groups is 3. The number of aliphatic hydroxyl groups is 1. The first-order valence-electron chi connectivity index (χ1n) is 25.4. The van der Waals surface area contributed by atoms with Crippen molar-refractivity contribution in [3.05, 3.63) is 139 Å². The van der Waals surface area contributed by atoms with Gasteiger partial charge in [0.05, 0.1) is 23.2 Å². The third kappa shape index (κ3) is 17.1. The number of aliphatic hydroxyl groups excluding tert-OH is 1. The largest absolute Gasteiger partial charge is 0.507 e. The molecule has 0 saturated carbocycles. The van der Waals surface area contributed by atoms with Gasteiger partial charge in [-0.1, -0.05) is 160 Å². The lowest BCUT2D eigenvalue weighted by Crippen LogP contribution is -2.19. The number of aryl methyl sites for hydroxylation is 4. The molecule has 6 rings (SSSR count). The fourth-order valence-electron chi connectivity index (χ4n) is 8.00. The zero-order valence-electron chi connectivity index (χ0n) is 48.6. The van der Waals surface area contributed by atoms with Gasteiger partial charge in [-0.3, -0.25) is 4.79 Å². The van der Waals surface area contributed by atoms with Crippen molar-refractivity contribution in [2.75, 3.05) is 0 Å². The lowest BCUT2D eigenvalue weighted by Gasteiger charge is -2.29. The standard InChI is InChI=1S/C21H31NO3.C20H27NO2.C15H22O2.C6H9NO/c1-12-9-17(25-22-12)13(2)18(23)14-10-15(20(3,4)5)19(24)16(11-14)21(6,7)8;1-13-10-15(23-21-13)9-8-14-11-16(19(2,3)4)18(22)17(12-14)20(5,6)7;1-14(2,3)11-7-10(9-16)8-12(13(11)17)15(4,5)6;1-3-6-4-5(2)7-8-6/h9-11,13,18,23-24H,1-8H3;8-12,22H,1-7H3;7-9,17H,1-6H3;4H,3H2,1-2H3/b;9-8+;;. The molecular weight excluding hydrogens is 915 g/mol. The highest BCUT2D eigenvalue weighted by Gasteiger charge is 2.31. The van der Waals surface area contributed by atoms with Crippen molar-refractivity contribution in [3.8, 4) is 17.2 Å². The Bertz CT molecular complexity index is 2690. The highest BCUT2D eigenvalue weighted by Crippen LogP contribution is 2.44. The monoisotopic (exact) mass is 1000 g/mol. The minimum atomic E-state index is -0.741. The average molecular weight is 1000 g/mol. The van der Waals surface area contributed by atoms with Crippen LogP contribution in [0.3, 0.4) is 0 Å². The highest BCUT2D eigenvalue weighted by atomic mass is 16.5. The summed E-state index contributed by atoms with van der Waals surface area (Å²) in [6.07, 6.45) is 4.94. The second-order valence-corrected chi connectivity index (χ2v) is 25.6. The molecular formula is C62H89N3O8. The van der Waals surface area contributed by atoms with Crippen LogP contribution >= 0.6 is 0 Å². The summed E-state index contributed by atoms with van der Waals surface area (Å²) in [5, 5.41) is 54.4. The second kappa shape index (κ2) is 23.5. The summed E-state index contributed by atoms with van der Waals surface area (Å²) in [5.41, 5.74) is 9.25. The number of aromatic nitrogens is 3. The molecule has 11 nitrogen and oxygen atoms in total. The molecule has 11 heteroatoms. The number of phenolic OH excluding ortho intramolecular Hbond substituents is 3. The molecule has 0 fully saturated rings. The maximum atomic E-state index is 11.0. The molecule has 2 unspecified atom stereocenters. The molecule has 0 aliphatic carbocycles. The lowest BCUT2D eigenvalue weighted by molar-refractivity contribution is 0.112. The SMILES string of the molecule is CC(C)(C)c1cc(C=O)cc(C(C)(C)C)c1O.CCc1cc(C)no1.Cc1cc(/C=C/c2cc(C(C)(C)C)c(O)c(C(C)(C)C)c2)on1.Cc1cc(C(C)C(O)c2cc(C(C)(C)C)c(O)c(C(C)(C)C)c2)on1. The van der Waals surface area contributed by atoms with E-state index < -0.39 is 6.10 Å². The molecule has 2 atom stereocenters. The van der Waals surface area contributed by atoms with E-state index in [4.69, 9.17) is 13.6 Å². The van der Waals surface area contributed by atoms with Crippen LogP contribution in [0.25, 0.3) is 12.2 Å². The van der Waals surface area contributed by atoms with Crippen LogP contribution in [0, 0.1) is 20.8 Å². The molecule has 3 heterocycles. The van der Waals surface area contributed by atoms with Gasteiger partial charge in [0.1, 0.15) is 35.1 Å². The summed E-state index contributed by atoms with van der Waals surface area (Å²) in [6, 6.07) is 17.2. The average Bonchev–Trinajstić information content (AvgIpc) is 4.01. The Morgan fingerprint density at radius 3 is 1.11 bits per heavy atom. The van der Waals surface area contributed by atoms with E-state index in [-0.39, 0.29) is 38.4 Å². The number of hydrogen-bond acceptors (Lipinski definition) is 11. The first-order chi connectivity index (χ1) is 33.2. The van der Waals surface area contributed by atoms with Crippen LogP contribution in [0.1, 0.15) is 240 Å². The van der Waals surface area contributed by atoms with Crippen LogP contribution in [-0.4, -0.2) is 42.2 Å². The molecule has 0 aliphatic heterocycles. The number of carbonyl (C=O) groups is 1. The van der Waals surface area contributed by atoms with Gasteiger partial charge in [0.15, 0.2) is 5.76 Å². The van der Waals surface area contributed by atoms with E-state index in [1.54, 1.807) is 12.1 Å². The van der Waals surface area contributed by atoms with Crippen molar-refractivity contribution in [1.29, 1.82) is 0 Å². The normalized spacial score (nSPS) is 13.3. The Morgan fingerprint density at radius 1 is 0.479 bits per heavy atom. The summed E-state index contributed by atoms with van der Waals surface area (Å²) in [4.78, 5) is 11.0. The molecule has 4 N–H and O–H groups in total. The van der Waals surface area contributed by atoms with E-state index >= 15 is 0 Å². The van der Waals surface area contributed by atoms with Crippen molar-refractivity contribution < 1.29 is 38.8 Å². The van der Waals surface area contributed by atoms with Crippen molar-refractivity contribution in [2.45, 2.75) is 210 Å². The van der Waals surface area contributed by atoms with E-state index in [0.29, 0.717) is 28.6 Å². The summed E-state index contributed by atoms with van der Waals surface area (Å²) in [5.74, 6) is 3.15. The van der Waals surface area contributed by atoms with Crippen molar-refractivity contribution in [3.63, 3.8) is 0 Å². The van der Waals surface area contributed by atoms with Gasteiger partial charge >= 0.3 is 0 Å². The van der Waals surface area contributed by atoms with E-state index in [0.717, 1.165) is 85.8 Å². The molecule has 0 spiro atoms. The Labute approximate surface area is 437 Å². The Kier molecular flexibility index (Phi) is 19.8. The van der Waals surface area contributed by atoms with E-state index in [1.165, 1.54) is 0 Å². The van der Waals surface area contributed by atoms with Gasteiger partial charge in [-0.25, -0.2) is 0 Å². The number of phenols is 3. The van der Waals surface area contributed by atoms with Crippen LogP contribution < -0.4 is 0 Å². The predicted octanol–water partition coefficient (Wildman–Crippen LogP) is 15.9. The predicted molar refractivity (Wildman–Crippen MR) is 297 cm³/mol. The minimum Gasteiger partial charge on any atom is -0.507 e. The Hall–Kier alpha value is -5.94. The number of nitrogens with zero attached hydrogens (tertiary/aromatic N) is 3. The van der Waals surface area contributed by atoms with Gasteiger partial charge in [0.2, 0.25) is 0 Å². The first-order valence-corrected chi connectivity index (χ1v) is 25.4. The fraction of sp³-hybridized carbons (Fsp3) is 0.516. The van der Waals surface area contributed by atoms with Crippen LogP contribution in [-0.2, 0) is 38.9 Å². The third-order valence-electron chi connectivity index (χ3n) is 12.4. The third-order valence-corrected chi connectivity index (χ3v) is 12.4. The van der Waals surface area contributed by atoms with Crippen LogP contribution in [0.15, 0.2) is 68.2 Å². The Morgan fingerprint density at radius 2 is 0.822 bits per heavy atom. The topological polar surface area (TPSA) is 176 Å². The minimum absolute atomic E-state index is 0.128. The number of rotatable bonds is 7. The smallest absolute Gasteiger partial charge is 0.159 e. The van der Waals surface area contributed by atoms with Gasteiger partial charge in [-0.05, 0) is 118 Å². The molecule has 0 bridgehead atoms. The quantitative estimate of drug-likeness (QED) is 0.112. The zero-order valence-corrected chi connectivity index (χ0v) is 48.6. The summed E-state index contributed by atoms with van der Waals surface area (Å²) in [7, 11) is 0. The molecule has 400 valence electrons. The second-order valence-electron chi connectivity index (χ2n) is 25.6. The van der Waals surface area contributed by atoms with Gasteiger partial charge in [0.25, 0.3) is 0 Å². The molecule has 3 aromatic carbocycles. The van der Waals surface area contributed by atoms with Gasteiger partial charge < -0.3 is 34.0 Å². The van der Waals surface area contributed by atoms with E-state index in [9.17, 15) is 25.2 Å². The Balaban J connectivity index is 0.000000272. The number of aldehydes is 1. The molecule has 3 aromatic heterocycles. The summed E-state index contributed by atoms with van der Waals surface area (Å²) >= 11 is 0. The molecule has 0 saturated heterocycles. The van der Waals surface area contributed by atoms with Gasteiger partial charge in [-0.15, -0.1) is 0 Å². The molecule has 0 radical (unpaired) electrons. The highest BCUT2D eigenvalue weighted by molar-refractivity contribution is 5.77. The number of carbonyl (C=O) groups excluding carboxylic acids is 1. The lowest BCUT2D eigenvalue weighted by atomic mass is 9.77. The van der Waals surface area contributed by atoms with Crippen molar-refractivity contribution in [1.82, 2.24) is 15.5 Å². The zero-order chi connectivity index (χ0) is 56.0. The van der Waals surface area contributed by atoms with Crippen LogP contribution in [0.4, 0.5) is 0 Å². The van der Waals surface area contributed by atoms with Gasteiger partial charge in [0, 0.05) is 58.4 Å². The maximum Gasteiger partial charge on any atom is 0.159 e. The van der Waals surface area contributed by atoms with Crippen molar-refractivity contribution in [2.24, 2.45) is 0 Å². The number of benzene rings is 3. The first kappa shape index (κ1) is 61.4. The molecule has 0 amide bonds. The molecule has 73 heavy (non-hydrogen) atoms. The van der Waals surface area contributed by atoms with E-state index in [1.807, 2.05) is 131 Å². The fourth-order valence-corrected chi connectivity index (χ4v) is 8.00.